The molecular weight excluding hydrogens is 1270 g/mol. The fourth-order valence-corrected chi connectivity index (χ4v) is 13.6. The molecule has 3 N–H and O–H groups in total. The zero-order chi connectivity index (χ0) is 71.2. The molecule has 0 radical (unpaired) electrons. The number of esters is 4. The van der Waals surface area contributed by atoms with Gasteiger partial charge in [0.25, 0.3) is 0 Å². The van der Waals surface area contributed by atoms with Crippen molar-refractivity contribution in [3.8, 4) is 0 Å². The van der Waals surface area contributed by atoms with Crippen molar-refractivity contribution in [2.45, 2.75) is 432 Å². The number of hydrogen-bond acceptors (Lipinski definition) is 15. The molecule has 0 fully saturated rings. The first-order valence-corrected chi connectivity index (χ1v) is 43.6. The van der Waals surface area contributed by atoms with Crippen molar-refractivity contribution in [1.82, 2.24) is 0 Å². The van der Waals surface area contributed by atoms with E-state index in [9.17, 15) is 43.2 Å². The van der Waals surface area contributed by atoms with E-state index in [0.29, 0.717) is 25.7 Å². The molecule has 19 heteroatoms. The fourth-order valence-electron chi connectivity index (χ4n) is 12.1. The third-order valence-electron chi connectivity index (χ3n) is 18.3. The largest absolute Gasteiger partial charge is 0.472 e. The molecule has 0 spiro atoms. The topological polar surface area (TPSA) is 237 Å². The lowest BCUT2D eigenvalue weighted by molar-refractivity contribution is -0.161. The minimum atomic E-state index is -4.96. The second-order valence-corrected chi connectivity index (χ2v) is 31.5. The van der Waals surface area contributed by atoms with Crippen LogP contribution in [0.1, 0.15) is 413 Å². The maximum atomic E-state index is 13.1. The molecule has 576 valence electrons. The predicted molar refractivity (Wildman–Crippen MR) is 395 cm³/mol. The highest BCUT2D eigenvalue weighted by Gasteiger charge is 2.30. The Hall–Kier alpha value is -1.94. The van der Waals surface area contributed by atoms with Gasteiger partial charge in [-0.15, -0.1) is 0 Å². The Kier molecular flexibility index (Phi) is 69.6. The standard InChI is InChI=1S/C78H152O17P2/c1-6-9-12-15-18-21-24-27-28-29-30-31-32-33-35-38-43-48-53-58-63-77(82)94-73(67-89-76(81)62-57-52-47-42-37-34-25-22-19-16-13-10-7-2)69-92-96(84,85)90-65-72(79)66-91-97(86,87)93-70-74(95-78(83)64-59-54-49-44-39-40-45-50-55-60-71(4)5)68-88-75(80)61-56-51-46-41-36-26-23-20-17-14-11-8-3/h71-74,79H,6-70H2,1-5H3,(H,84,85)(H,86,87)/t72-,73-,74-/m1/s1. The molecule has 0 aliphatic heterocycles. The summed E-state index contributed by atoms with van der Waals surface area (Å²) in [4.78, 5) is 72.9. The van der Waals surface area contributed by atoms with Crippen molar-refractivity contribution >= 4 is 39.5 Å². The average Bonchev–Trinajstić information content (AvgIpc) is 1.41. The third kappa shape index (κ3) is 72.2. The Bertz CT molecular complexity index is 1860. The van der Waals surface area contributed by atoms with Gasteiger partial charge >= 0.3 is 39.5 Å². The highest BCUT2D eigenvalue weighted by molar-refractivity contribution is 7.47. The van der Waals surface area contributed by atoms with E-state index in [4.69, 9.17) is 37.0 Å². The van der Waals surface area contributed by atoms with Crippen molar-refractivity contribution in [2.75, 3.05) is 39.6 Å². The van der Waals surface area contributed by atoms with Crippen LogP contribution in [0.5, 0.6) is 0 Å². The van der Waals surface area contributed by atoms with E-state index < -0.39 is 97.5 Å². The van der Waals surface area contributed by atoms with Crippen LogP contribution in [0.3, 0.4) is 0 Å². The van der Waals surface area contributed by atoms with Crippen molar-refractivity contribution in [3.63, 3.8) is 0 Å². The molecule has 0 heterocycles. The zero-order valence-electron chi connectivity index (χ0n) is 63.2. The van der Waals surface area contributed by atoms with Crippen LogP contribution >= 0.6 is 15.6 Å². The number of hydrogen-bond donors (Lipinski definition) is 3. The molecule has 0 aromatic carbocycles. The van der Waals surface area contributed by atoms with Gasteiger partial charge in [0.1, 0.15) is 19.3 Å². The van der Waals surface area contributed by atoms with E-state index in [-0.39, 0.29) is 25.7 Å². The Labute approximate surface area is 594 Å². The minimum absolute atomic E-state index is 0.106. The predicted octanol–water partition coefficient (Wildman–Crippen LogP) is 23.3. The molecule has 0 aromatic rings. The van der Waals surface area contributed by atoms with Crippen molar-refractivity contribution < 1.29 is 80.2 Å². The quantitative estimate of drug-likeness (QED) is 0.0222. The minimum Gasteiger partial charge on any atom is -0.462 e. The Balaban J connectivity index is 5.22. The Morgan fingerprint density at radius 2 is 0.474 bits per heavy atom. The molecule has 97 heavy (non-hydrogen) atoms. The van der Waals surface area contributed by atoms with Crippen LogP contribution in [0.25, 0.3) is 0 Å². The van der Waals surface area contributed by atoms with Crippen LogP contribution in [0, 0.1) is 5.92 Å². The molecule has 0 saturated heterocycles. The van der Waals surface area contributed by atoms with E-state index in [1.54, 1.807) is 0 Å². The third-order valence-corrected chi connectivity index (χ3v) is 20.2. The van der Waals surface area contributed by atoms with Gasteiger partial charge in [-0.1, -0.05) is 362 Å². The van der Waals surface area contributed by atoms with E-state index in [1.165, 1.54) is 238 Å². The molecule has 0 rings (SSSR count). The average molecular weight is 1420 g/mol. The fraction of sp³-hybridized carbons (Fsp3) is 0.949. The lowest BCUT2D eigenvalue weighted by atomic mass is 10.0. The number of ether oxygens (including phenoxy) is 4. The van der Waals surface area contributed by atoms with Crippen LogP contribution in [-0.4, -0.2) is 96.7 Å². The normalized spacial score (nSPS) is 13.9. The highest BCUT2D eigenvalue weighted by atomic mass is 31.2. The summed E-state index contributed by atoms with van der Waals surface area (Å²) in [6, 6.07) is 0. The highest BCUT2D eigenvalue weighted by Crippen LogP contribution is 2.45. The van der Waals surface area contributed by atoms with E-state index in [1.807, 2.05) is 0 Å². The first-order valence-electron chi connectivity index (χ1n) is 40.6. The molecular formula is C78H152O17P2. The van der Waals surface area contributed by atoms with Gasteiger partial charge in [0, 0.05) is 25.7 Å². The van der Waals surface area contributed by atoms with Crippen LogP contribution in [-0.2, 0) is 65.4 Å². The van der Waals surface area contributed by atoms with Crippen molar-refractivity contribution in [3.05, 3.63) is 0 Å². The summed E-state index contributed by atoms with van der Waals surface area (Å²) < 4.78 is 68.6. The summed E-state index contributed by atoms with van der Waals surface area (Å²) in [6.07, 6.45) is 61.0. The lowest BCUT2D eigenvalue weighted by Gasteiger charge is -2.21. The summed E-state index contributed by atoms with van der Waals surface area (Å²) in [5.74, 6) is -1.37. The van der Waals surface area contributed by atoms with Gasteiger partial charge in [-0.3, -0.25) is 37.3 Å². The number of aliphatic hydroxyl groups is 1. The lowest BCUT2D eigenvalue weighted by Crippen LogP contribution is -2.30. The summed E-state index contributed by atoms with van der Waals surface area (Å²) >= 11 is 0. The van der Waals surface area contributed by atoms with E-state index >= 15 is 0 Å². The van der Waals surface area contributed by atoms with E-state index in [2.05, 4.69) is 34.6 Å². The van der Waals surface area contributed by atoms with Crippen LogP contribution < -0.4 is 0 Å². The van der Waals surface area contributed by atoms with Gasteiger partial charge in [-0.2, -0.15) is 0 Å². The van der Waals surface area contributed by atoms with Crippen molar-refractivity contribution in [2.24, 2.45) is 5.92 Å². The first kappa shape index (κ1) is 95.1. The van der Waals surface area contributed by atoms with Gasteiger partial charge in [-0.05, 0) is 31.6 Å². The number of phosphoric ester groups is 2. The van der Waals surface area contributed by atoms with Gasteiger partial charge < -0.3 is 33.8 Å². The van der Waals surface area contributed by atoms with Crippen LogP contribution in [0.15, 0.2) is 0 Å². The summed E-state index contributed by atoms with van der Waals surface area (Å²) in [5.41, 5.74) is 0. The Morgan fingerprint density at radius 1 is 0.278 bits per heavy atom. The monoisotopic (exact) mass is 1420 g/mol. The van der Waals surface area contributed by atoms with Crippen molar-refractivity contribution in [1.29, 1.82) is 0 Å². The summed E-state index contributed by atoms with van der Waals surface area (Å²) in [7, 11) is -9.91. The number of rotatable bonds is 78. The second-order valence-electron chi connectivity index (χ2n) is 28.6. The molecule has 0 bridgehead atoms. The molecule has 2 unspecified atom stereocenters. The summed E-state index contributed by atoms with van der Waals surface area (Å²) in [6.45, 7) is 7.29. The van der Waals surface area contributed by atoms with Gasteiger partial charge in [0.05, 0.1) is 26.4 Å². The van der Waals surface area contributed by atoms with Gasteiger partial charge in [-0.25, -0.2) is 9.13 Å². The molecule has 0 aromatic heterocycles. The first-order chi connectivity index (χ1) is 47.0. The SMILES string of the molecule is CCCCCCCCCCCCCCCCCCCCCCC(=O)O[C@H](COC(=O)CCCCCCCCCCCCCCC)COP(=O)(O)OC[C@@H](O)COP(=O)(O)OC[C@@H](COC(=O)CCCCCCCCCCCCCC)OC(=O)CCCCCCCCCCCC(C)C. The Morgan fingerprint density at radius 3 is 0.701 bits per heavy atom. The smallest absolute Gasteiger partial charge is 0.462 e. The number of aliphatic hydroxyl groups excluding tert-OH is 1. The van der Waals surface area contributed by atoms with Crippen LogP contribution in [0.2, 0.25) is 0 Å². The zero-order valence-corrected chi connectivity index (χ0v) is 65.0. The van der Waals surface area contributed by atoms with Gasteiger partial charge in [0.15, 0.2) is 12.2 Å². The van der Waals surface area contributed by atoms with Gasteiger partial charge in [0.2, 0.25) is 0 Å². The maximum Gasteiger partial charge on any atom is 0.472 e. The maximum absolute atomic E-state index is 13.1. The number of phosphoric acid groups is 2. The molecule has 0 aliphatic rings. The molecule has 17 nitrogen and oxygen atoms in total. The molecule has 0 amide bonds. The number of unbranched alkanes of at least 4 members (excludes halogenated alkanes) is 50. The number of carbonyl (C=O) groups is 4. The summed E-state index contributed by atoms with van der Waals surface area (Å²) in [5, 5.41) is 10.6. The van der Waals surface area contributed by atoms with E-state index in [0.717, 1.165) is 95.8 Å². The molecule has 0 saturated carbocycles. The molecule has 5 atom stereocenters. The second kappa shape index (κ2) is 71.1. The molecule has 0 aliphatic carbocycles. The number of carbonyl (C=O) groups excluding carboxylic acids is 4. The van der Waals surface area contributed by atoms with Crippen LogP contribution in [0.4, 0.5) is 0 Å².